The van der Waals surface area contributed by atoms with Gasteiger partial charge in [-0.25, -0.2) is 9.78 Å². The molecule has 1 aliphatic rings. The quantitative estimate of drug-likeness (QED) is 0.848. The van der Waals surface area contributed by atoms with Gasteiger partial charge in [-0.2, -0.15) is 0 Å². The Balaban J connectivity index is 1.69. The molecule has 1 saturated heterocycles. The average molecular weight is 397 g/mol. The zero-order valence-electron chi connectivity index (χ0n) is 17.1. The van der Waals surface area contributed by atoms with Crippen molar-refractivity contribution in [2.45, 2.75) is 45.3 Å². The molecule has 2 N–H and O–H groups in total. The first-order valence-corrected chi connectivity index (χ1v) is 9.66. The highest BCUT2D eigenvalue weighted by Crippen LogP contribution is 2.29. The fourth-order valence-corrected chi connectivity index (χ4v) is 3.14. The predicted molar refractivity (Wildman–Crippen MR) is 110 cm³/mol. The lowest BCUT2D eigenvalue weighted by molar-refractivity contribution is -0.123. The number of carbonyl (C=O) groups excluding carboxylic acids is 2. The molecule has 7 nitrogen and oxygen atoms in total. The molecule has 1 fully saturated rings. The zero-order chi connectivity index (χ0) is 21.0. The molecule has 1 aromatic carbocycles. The summed E-state index contributed by atoms with van der Waals surface area (Å²) in [5.41, 5.74) is 7.57. The number of benzene rings is 1. The van der Waals surface area contributed by atoms with Gasteiger partial charge in [-0.15, -0.1) is 0 Å². The number of Topliss-reactive ketones (excluding diaryl/α,β-unsaturated/α-hetero) is 1. The van der Waals surface area contributed by atoms with Gasteiger partial charge in [-0.3, -0.25) is 4.79 Å². The lowest BCUT2D eigenvalue weighted by atomic mass is 9.90. The van der Waals surface area contributed by atoms with Gasteiger partial charge in [0.25, 0.3) is 0 Å². The molecule has 0 radical (unpaired) electrons. The van der Waals surface area contributed by atoms with E-state index in [1.54, 1.807) is 17.2 Å². The molecule has 0 spiro atoms. The van der Waals surface area contributed by atoms with E-state index in [-0.39, 0.29) is 18.7 Å². The number of nitrogens with zero attached hydrogens (tertiary/aromatic N) is 2. The molecule has 29 heavy (non-hydrogen) atoms. The van der Waals surface area contributed by atoms with Gasteiger partial charge in [-0.1, -0.05) is 30.3 Å². The summed E-state index contributed by atoms with van der Waals surface area (Å²) in [5.74, 6) is -0.0944. The van der Waals surface area contributed by atoms with E-state index in [2.05, 4.69) is 4.98 Å². The Hall–Kier alpha value is -3.09. The second kappa shape index (κ2) is 8.51. The molecule has 0 saturated carbocycles. The molecule has 0 unspecified atom stereocenters. The van der Waals surface area contributed by atoms with Gasteiger partial charge >= 0.3 is 6.09 Å². The minimum absolute atomic E-state index is 0.0592. The summed E-state index contributed by atoms with van der Waals surface area (Å²) in [6.07, 6.45) is 1.45. The highest BCUT2D eigenvalue weighted by atomic mass is 16.6. The van der Waals surface area contributed by atoms with E-state index >= 15 is 0 Å². The topological polar surface area (TPSA) is 94.8 Å². The Morgan fingerprint density at radius 1 is 1.28 bits per heavy atom. The summed E-state index contributed by atoms with van der Waals surface area (Å²) in [4.78, 5) is 30.7. The Bertz CT molecular complexity index is 877. The third-order valence-electron chi connectivity index (χ3n) is 4.59. The van der Waals surface area contributed by atoms with Crippen molar-refractivity contribution in [2.24, 2.45) is 0 Å². The second-order valence-corrected chi connectivity index (χ2v) is 8.13. The van der Waals surface area contributed by atoms with Crippen molar-refractivity contribution in [1.82, 2.24) is 9.88 Å². The molecular weight excluding hydrogens is 370 g/mol. The molecule has 2 heterocycles. The number of carbonyl (C=O) groups is 2. The number of ketones is 1. The minimum Gasteiger partial charge on any atom is -0.471 e. The number of ether oxygens (including phenoxy) is 2. The van der Waals surface area contributed by atoms with Gasteiger partial charge in [0.15, 0.2) is 0 Å². The van der Waals surface area contributed by atoms with Crippen molar-refractivity contribution in [3.63, 3.8) is 0 Å². The molecule has 0 aliphatic carbocycles. The van der Waals surface area contributed by atoms with Crippen LogP contribution < -0.4 is 10.5 Å². The van der Waals surface area contributed by atoms with E-state index < -0.39 is 17.6 Å². The molecule has 0 bridgehead atoms. The van der Waals surface area contributed by atoms with Crippen LogP contribution in [0.5, 0.6) is 5.88 Å². The number of nitrogens with two attached hydrogens (primary N) is 1. The maximum absolute atomic E-state index is 12.5. The highest BCUT2D eigenvalue weighted by molar-refractivity contribution is 5.88. The van der Waals surface area contributed by atoms with E-state index in [0.717, 1.165) is 5.56 Å². The highest BCUT2D eigenvalue weighted by Gasteiger charge is 2.33. The monoisotopic (exact) mass is 397 g/mol. The smallest absolute Gasteiger partial charge is 0.410 e. The van der Waals surface area contributed by atoms with Crippen LogP contribution in [-0.4, -0.2) is 40.5 Å². The van der Waals surface area contributed by atoms with Crippen molar-refractivity contribution in [1.29, 1.82) is 0 Å². The summed E-state index contributed by atoms with van der Waals surface area (Å²) < 4.78 is 11.1. The number of pyridine rings is 1. The second-order valence-electron chi connectivity index (χ2n) is 8.13. The molecular formula is C22H27N3O4. The van der Waals surface area contributed by atoms with Gasteiger partial charge in [0, 0.05) is 25.7 Å². The summed E-state index contributed by atoms with van der Waals surface area (Å²) in [6, 6.07) is 11.4. The van der Waals surface area contributed by atoms with Crippen molar-refractivity contribution in [3.05, 3.63) is 53.7 Å². The first-order valence-electron chi connectivity index (χ1n) is 9.66. The molecule has 154 valence electrons. The Morgan fingerprint density at radius 3 is 2.66 bits per heavy atom. The fourth-order valence-electron chi connectivity index (χ4n) is 3.14. The van der Waals surface area contributed by atoms with Gasteiger partial charge in [0.2, 0.25) is 5.88 Å². The van der Waals surface area contributed by atoms with Crippen molar-refractivity contribution >= 4 is 17.6 Å². The number of hydrogen-bond donors (Lipinski definition) is 1. The Morgan fingerprint density at radius 2 is 2.00 bits per heavy atom. The van der Waals surface area contributed by atoms with E-state index in [1.165, 1.54) is 0 Å². The van der Waals surface area contributed by atoms with Crippen molar-refractivity contribution in [2.75, 3.05) is 18.8 Å². The summed E-state index contributed by atoms with van der Waals surface area (Å²) in [6.45, 7) is 6.40. The van der Waals surface area contributed by atoms with Gasteiger partial charge in [0.05, 0.1) is 11.6 Å². The predicted octanol–water partition coefficient (Wildman–Crippen LogP) is 3.54. The third kappa shape index (κ3) is 5.47. The van der Waals surface area contributed by atoms with E-state index in [4.69, 9.17) is 15.2 Å². The summed E-state index contributed by atoms with van der Waals surface area (Å²) >= 11 is 0. The molecule has 1 atom stereocenters. The number of aromatic nitrogens is 1. The van der Waals surface area contributed by atoms with Crippen LogP contribution in [0.15, 0.2) is 42.6 Å². The number of hydrogen-bond acceptors (Lipinski definition) is 6. The van der Waals surface area contributed by atoms with E-state index in [1.807, 2.05) is 51.1 Å². The molecule has 7 heteroatoms. The van der Waals surface area contributed by atoms with Crippen molar-refractivity contribution < 1.29 is 19.1 Å². The minimum atomic E-state index is -0.586. The number of amides is 1. The van der Waals surface area contributed by atoms with Crippen LogP contribution in [-0.2, 0) is 16.1 Å². The Labute approximate surface area is 170 Å². The molecule has 1 amide bonds. The average Bonchev–Trinajstić information content (AvgIpc) is 2.67. The maximum Gasteiger partial charge on any atom is 0.410 e. The lowest BCUT2D eigenvalue weighted by Crippen LogP contribution is -2.45. The number of piperidine rings is 1. The van der Waals surface area contributed by atoms with Gasteiger partial charge < -0.3 is 20.1 Å². The molecule has 1 aromatic heterocycles. The van der Waals surface area contributed by atoms with Crippen LogP contribution in [0.3, 0.4) is 0 Å². The number of nitrogen functional groups attached to an aromatic ring is 1. The van der Waals surface area contributed by atoms with Gasteiger partial charge in [-0.05, 0) is 38.0 Å². The largest absolute Gasteiger partial charge is 0.471 e. The Kier molecular flexibility index (Phi) is 6.06. The maximum atomic E-state index is 12.5. The SMILES string of the molecule is CC(C)(C)OC(=O)N1CCC(=O)[C@@H](c2cnc(OCc3ccccc3)c(N)c2)C1. The molecule has 2 aromatic rings. The summed E-state index contributed by atoms with van der Waals surface area (Å²) in [7, 11) is 0. The van der Waals surface area contributed by atoms with Crippen LogP contribution in [0.1, 0.15) is 44.2 Å². The van der Waals surface area contributed by atoms with Crippen LogP contribution in [0.4, 0.5) is 10.5 Å². The fraction of sp³-hybridized carbons (Fsp3) is 0.409. The zero-order valence-corrected chi connectivity index (χ0v) is 17.1. The first kappa shape index (κ1) is 20.6. The van der Waals surface area contributed by atoms with E-state index in [0.29, 0.717) is 30.3 Å². The van der Waals surface area contributed by atoms with Crippen LogP contribution in [0.2, 0.25) is 0 Å². The standard InChI is InChI=1S/C22H27N3O4/c1-22(2,3)29-21(27)25-10-9-19(26)17(13-25)16-11-18(23)20(24-12-16)28-14-15-7-5-4-6-8-15/h4-8,11-12,17H,9-10,13-14,23H2,1-3H3/t17-/m1/s1. The van der Waals surface area contributed by atoms with Gasteiger partial charge in [0.1, 0.15) is 18.0 Å². The third-order valence-corrected chi connectivity index (χ3v) is 4.59. The van der Waals surface area contributed by atoms with Crippen LogP contribution >= 0.6 is 0 Å². The van der Waals surface area contributed by atoms with Crippen molar-refractivity contribution in [3.8, 4) is 5.88 Å². The summed E-state index contributed by atoms with van der Waals surface area (Å²) in [5, 5.41) is 0. The number of rotatable bonds is 4. The molecule has 3 rings (SSSR count). The number of likely N-dealkylation sites (tertiary alicyclic amines) is 1. The number of anilines is 1. The first-order chi connectivity index (χ1) is 13.7. The molecule has 1 aliphatic heterocycles. The lowest BCUT2D eigenvalue weighted by Gasteiger charge is -2.33. The van der Waals surface area contributed by atoms with Crippen LogP contribution in [0, 0.1) is 0 Å². The van der Waals surface area contributed by atoms with Crippen LogP contribution in [0.25, 0.3) is 0 Å². The normalized spacial score (nSPS) is 17.1. The van der Waals surface area contributed by atoms with E-state index in [9.17, 15) is 9.59 Å².